The Bertz CT molecular complexity index is 803. The van der Waals surface area contributed by atoms with Gasteiger partial charge in [-0.2, -0.15) is 0 Å². The van der Waals surface area contributed by atoms with Crippen LogP contribution in [0.1, 0.15) is 40.2 Å². The van der Waals surface area contributed by atoms with Crippen LogP contribution in [0.2, 0.25) is 0 Å². The Morgan fingerprint density at radius 2 is 1.84 bits per heavy atom. The third-order valence-electron chi connectivity index (χ3n) is 4.11. The highest BCUT2D eigenvalue weighted by Gasteiger charge is 2.45. The first-order chi connectivity index (χ1) is 11.1. The van der Waals surface area contributed by atoms with E-state index in [1.165, 1.54) is 34.6 Å². The number of hydrogen-bond acceptors (Lipinski definition) is 5. The molecule has 0 bridgehead atoms. The maximum atomic E-state index is 14.4. The van der Waals surface area contributed by atoms with E-state index in [1.54, 1.807) is 0 Å². The molecule has 8 nitrogen and oxygen atoms in total. The molecule has 1 rings (SSSR count). The van der Waals surface area contributed by atoms with E-state index in [-0.39, 0.29) is 0 Å². The normalized spacial score (nSPS) is 16.1. The third kappa shape index (κ3) is 4.13. The zero-order valence-electron chi connectivity index (χ0n) is 14.5. The minimum Gasteiger partial charge on any atom is -0.481 e. The van der Waals surface area contributed by atoms with Gasteiger partial charge in [0, 0.05) is 17.7 Å². The number of halogens is 1. The van der Waals surface area contributed by atoms with E-state index in [4.69, 9.17) is 0 Å². The second-order valence-corrected chi connectivity index (χ2v) is 9.34. The highest BCUT2D eigenvalue weighted by atomic mass is 32.2. The molecule has 2 unspecified atom stereocenters. The van der Waals surface area contributed by atoms with Crippen molar-refractivity contribution in [3.63, 3.8) is 0 Å². The van der Waals surface area contributed by atoms with E-state index >= 15 is 0 Å². The Balaban J connectivity index is 3.68. The molecular weight excluding hydrogens is 355 g/mol. The van der Waals surface area contributed by atoms with Crippen molar-refractivity contribution < 1.29 is 27.6 Å². The summed E-state index contributed by atoms with van der Waals surface area (Å²) in [6.07, 6.45) is 0. The Morgan fingerprint density at radius 1 is 1.32 bits per heavy atom. The lowest BCUT2D eigenvalue weighted by Crippen LogP contribution is -2.55. The molecule has 0 saturated heterocycles. The molecule has 25 heavy (non-hydrogen) atoms. The van der Waals surface area contributed by atoms with Gasteiger partial charge >= 0.3 is 5.97 Å². The van der Waals surface area contributed by atoms with E-state index < -0.39 is 54.2 Å². The summed E-state index contributed by atoms with van der Waals surface area (Å²) < 4.78 is 40.4. The van der Waals surface area contributed by atoms with Crippen LogP contribution >= 0.6 is 0 Å². The molecule has 140 valence electrons. The molecule has 2 atom stereocenters. The highest BCUT2D eigenvalue weighted by Crippen LogP contribution is 2.35. The van der Waals surface area contributed by atoms with E-state index in [0.29, 0.717) is 0 Å². The monoisotopic (exact) mass is 376 g/mol. The number of nitro benzene ring substituents is 1. The number of rotatable bonds is 6. The topological polar surface area (TPSA) is 127 Å². The number of benzene rings is 1. The average molecular weight is 376 g/mol. The van der Waals surface area contributed by atoms with Gasteiger partial charge in [-0.1, -0.05) is 0 Å². The number of hydrogen-bond donors (Lipinski definition) is 2. The van der Waals surface area contributed by atoms with Crippen LogP contribution in [0.5, 0.6) is 0 Å². The van der Waals surface area contributed by atoms with Crippen molar-refractivity contribution in [1.82, 2.24) is 4.72 Å². The van der Waals surface area contributed by atoms with Gasteiger partial charge in [-0.3, -0.25) is 14.9 Å². The van der Waals surface area contributed by atoms with Crippen LogP contribution in [0.15, 0.2) is 18.2 Å². The molecule has 0 aromatic heterocycles. The fraction of sp³-hybridized carbons (Fsp3) is 0.533. The first kappa shape index (κ1) is 21.0. The van der Waals surface area contributed by atoms with Crippen molar-refractivity contribution in [1.29, 1.82) is 0 Å². The van der Waals surface area contributed by atoms with E-state index in [2.05, 4.69) is 4.72 Å². The zero-order chi connectivity index (χ0) is 19.8. The summed E-state index contributed by atoms with van der Waals surface area (Å²) >= 11 is 0. The van der Waals surface area contributed by atoms with Crippen molar-refractivity contribution in [2.24, 2.45) is 5.92 Å². The minimum absolute atomic E-state index is 0.413. The van der Waals surface area contributed by atoms with Gasteiger partial charge in [0.05, 0.1) is 21.1 Å². The first-order valence-corrected chi connectivity index (χ1v) is 8.82. The smallest absolute Gasteiger partial charge is 0.308 e. The van der Waals surface area contributed by atoms with E-state index in [0.717, 1.165) is 18.2 Å². The number of sulfonamides is 1. The molecule has 0 fully saturated rings. The third-order valence-corrected chi connectivity index (χ3v) is 6.41. The second-order valence-electron chi connectivity index (χ2n) is 6.90. The van der Waals surface area contributed by atoms with Crippen molar-refractivity contribution in [3.05, 3.63) is 39.7 Å². The van der Waals surface area contributed by atoms with Gasteiger partial charge in [0.25, 0.3) is 5.69 Å². The molecule has 1 aromatic carbocycles. The van der Waals surface area contributed by atoms with Crippen LogP contribution < -0.4 is 4.72 Å². The number of carboxylic acid groups (broad SMARTS) is 1. The Morgan fingerprint density at radius 3 is 2.24 bits per heavy atom. The molecule has 0 aliphatic carbocycles. The fourth-order valence-electron chi connectivity index (χ4n) is 2.08. The van der Waals surface area contributed by atoms with Crippen LogP contribution in [-0.2, 0) is 20.4 Å². The number of nitro groups is 1. The first-order valence-electron chi connectivity index (χ1n) is 7.34. The zero-order valence-corrected chi connectivity index (χ0v) is 15.3. The Labute approximate surface area is 145 Å². The van der Waals surface area contributed by atoms with Crippen LogP contribution in [0.4, 0.5) is 10.1 Å². The van der Waals surface area contributed by atoms with Crippen molar-refractivity contribution in [3.8, 4) is 0 Å². The molecule has 0 heterocycles. The van der Waals surface area contributed by atoms with Crippen LogP contribution in [-0.4, -0.2) is 29.2 Å². The van der Waals surface area contributed by atoms with Gasteiger partial charge in [0.2, 0.25) is 10.0 Å². The van der Waals surface area contributed by atoms with Gasteiger partial charge in [-0.15, -0.1) is 0 Å². The Hall–Kier alpha value is -2.07. The molecule has 0 aliphatic heterocycles. The standard InChI is InChI=1S/C15H21FN2O6S/c1-9(13(19)20)15(5,17-25(23,24)14(2,3)4)11-8-10(18(21)22)6-7-12(11)16/h6-9,17H,1-5H3,(H,19,20). The molecule has 2 N–H and O–H groups in total. The van der Waals surface area contributed by atoms with Crippen LogP contribution in [0.25, 0.3) is 0 Å². The Kier molecular flexibility index (Phi) is 5.60. The largest absolute Gasteiger partial charge is 0.481 e. The van der Waals surface area contributed by atoms with Crippen LogP contribution in [0.3, 0.4) is 0 Å². The van der Waals surface area contributed by atoms with E-state index in [1.807, 2.05) is 0 Å². The lowest BCUT2D eigenvalue weighted by atomic mass is 9.81. The maximum Gasteiger partial charge on any atom is 0.308 e. The molecule has 0 radical (unpaired) electrons. The van der Waals surface area contributed by atoms with Crippen molar-refractivity contribution in [2.45, 2.75) is 44.9 Å². The summed E-state index contributed by atoms with van der Waals surface area (Å²) in [7, 11) is -4.08. The maximum absolute atomic E-state index is 14.4. The van der Waals surface area contributed by atoms with Crippen molar-refractivity contribution in [2.75, 3.05) is 0 Å². The van der Waals surface area contributed by atoms with Gasteiger partial charge < -0.3 is 5.11 Å². The van der Waals surface area contributed by atoms with Crippen molar-refractivity contribution >= 4 is 21.7 Å². The molecule has 0 aliphatic rings. The SMILES string of the molecule is CC(C(=O)O)C(C)(NS(=O)(=O)C(C)(C)C)c1cc([N+](=O)[O-])ccc1F. The van der Waals surface area contributed by atoms with Gasteiger partial charge in [-0.05, 0) is 40.7 Å². The second kappa shape index (κ2) is 6.68. The summed E-state index contributed by atoms with van der Waals surface area (Å²) in [5.41, 5.74) is -2.83. The summed E-state index contributed by atoms with van der Waals surface area (Å²) in [4.78, 5) is 21.7. The summed E-state index contributed by atoms with van der Waals surface area (Å²) in [5.74, 6) is -3.73. The number of carboxylic acids is 1. The van der Waals surface area contributed by atoms with Gasteiger partial charge in [0.1, 0.15) is 5.82 Å². The number of nitrogens with zero attached hydrogens (tertiary/aromatic N) is 1. The molecule has 0 saturated carbocycles. The summed E-state index contributed by atoms with van der Waals surface area (Å²) in [6.45, 7) is 6.57. The molecule has 1 aromatic rings. The molecular formula is C15H21FN2O6S. The lowest BCUT2D eigenvalue weighted by Gasteiger charge is -2.37. The number of nitrogens with one attached hydrogen (secondary N) is 1. The quantitative estimate of drug-likeness (QED) is 0.580. The van der Waals surface area contributed by atoms with Gasteiger partial charge in [0.15, 0.2) is 0 Å². The van der Waals surface area contributed by atoms with Crippen LogP contribution in [0, 0.1) is 21.8 Å². The summed E-state index contributed by atoms with van der Waals surface area (Å²) in [6, 6.07) is 2.58. The van der Waals surface area contributed by atoms with Gasteiger partial charge in [-0.25, -0.2) is 17.5 Å². The predicted octanol–water partition coefficient (Wildman–Crippen LogP) is 2.39. The minimum atomic E-state index is -4.08. The fourth-order valence-corrected chi connectivity index (χ4v) is 3.23. The number of non-ortho nitro benzene ring substituents is 1. The number of aliphatic carboxylic acids is 1. The molecule has 0 amide bonds. The predicted molar refractivity (Wildman–Crippen MR) is 89.0 cm³/mol. The average Bonchev–Trinajstić information content (AvgIpc) is 2.44. The lowest BCUT2D eigenvalue weighted by molar-refractivity contribution is -0.385. The molecule has 10 heteroatoms. The highest BCUT2D eigenvalue weighted by molar-refractivity contribution is 7.90. The number of carbonyl (C=O) groups is 1. The molecule has 0 spiro atoms. The summed E-state index contributed by atoms with van der Waals surface area (Å²) in [5, 5.41) is 20.3. The van der Waals surface area contributed by atoms with E-state index in [9.17, 15) is 32.8 Å².